The number of amides is 2. The van der Waals surface area contributed by atoms with Crippen molar-refractivity contribution in [3.05, 3.63) is 34.4 Å². The van der Waals surface area contributed by atoms with Crippen molar-refractivity contribution in [2.24, 2.45) is 0 Å². The average Bonchev–Trinajstić information content (AvgIpc) is 2.74. The van der Waals surface area contributed by atoms with Gasteiger partial charge in [0.1, 0.15) is 12.4 Å². The number of carbonyl (C=O) groups is 3. The van der Waals surface area contributed by atoms with Gasteiger partial charge in [-0.3, -0.25) is 19.7 Å². The molecule has 0 saturated carbocycles. The van der Waals surface area contributed by atoms with Gasteiger partial charge >= 0.3 is 6.16 Å². The van der Waals surface area contributed by atoms with E-state index in [1.807, 2.05) is 13.8 Å². The van der Waals surface area contributed by atoms with Gasteiger partial charge in [-0.25, -0.2) is 4.79 Å². The Morgan fingerprint density at radius 3 is 2.13 bits per heavy atom. The van der Waals surface area contributed by atoms with Gasteiger partial charge in [-0.05, 0) is 32.4 Å². The molecule has 10 heteroatoms. The van der Waals surface area contributed by atoms with Crippen molar-refractivity contribution in [3.8, 4) is 5.75 Å². The fourth-order valence-electron chi connectivity index (χ4n) is 2.91. The van der Waals surface area contributed by atoms with Crippen molar-refractivity contribution >= 4 is 23.7 Å². The van der Waals surface area contributed by atoms with Crippen LogP contribution < -0.4 is 4.74 Å². The maximum Gasteiger partial charge on any atom is 0.513 e. The SMILES string of the molecule is CCC(=O)N(C)CCC(C)(C)N(CCOC(=O)Oc1ccc([N+](=O)[O-])cc1)C(=O)CC. The molecule has 0 unspecified atom stereocenters. The van der Waals surface area contributed by atoms with E-state index in [4.69, 9.17) is 9.47 Å². The standard InChI is InChI=1S/C21H31N3O7/c1-6-18(25)22(5)13-12-21(3,4)23(19(26)7-2)14-15-30-20(27)31-17-10-8-16(9-11-17)24(28)29/h8-11H,6-7,12-15H2,1-5H3. The van der Waals surface area contributed by atoms with Crippen LogP contribution in [-0.2, 0) is 14.3 Å². The Bertz CT molecular complexity index is 778. The van der Waals surface area contributed by atoms with Crippen molar-refractivity contribution in [2.45, 2.75) is 52.5 Å². The Labute approximate surface area is 182 Å². The van der Waals surface area contributed by atoms with Gasteiger partial charge in [0.15, 0.2) is 0 Å². The molecule has 0 fully saturated rings. The highest BCUT2D eigenvalue weighted by Gasteiger charge is 2.30. The number of nitrogens with zero attached hydrogens (tertiary/aromatic N) is 3. The van der Waals surface area contributed by atoms with E-state index in [9.17, 15) is 24.5 Å². The largest absolute Gasteiger partial charge is 0.513 e. The van der Waals surface area contributed by atoms with Crippen molar-refractivity contribution in [1.29, 1.82) is 0 Å². The second-order valence-corrected chi connectivity index (χ2v) is 7.58. The van der Waals surface area contributed by atoms with Crippen molar-refractivity contribution in [1.82, 2.24) is 9.80 Å². The molecule has 1 aromatic carbocycles. The molecule has 0 bridgehead atoms. The number of nitro groups is 1. The van der Waals surface area contributed by atoms with E-state index < -0.39 is 16.6 Å². The number of rotatable bonds is 11. The number of nitro benzene ring substituents is 1. The second-order valence-electron chi connectivity index (χ2n) is 7.58. The van der Waals surface area contributed by atoms with E-state index in [0.717, 1.165) is 0 Å². The zero-order chi connectivity index (χ0) is 23.6. The van der Waals surface area contributed by atoms with Crippen LogP contribution in [0, 0.1) is 10.1 Å². The Morgan fingerprint density at radius 2 is 1.61 bits per heavy atom. The normalized spacial score (nSPS) is 10.9. The van der Waals surface area contributed by atoms with E-state index in [2.05, 4.69) is 0 Å². The number of hydrogen-bond acceptors (Lipinski definition) is 7. The van der Waals surface area contributed by atoms with Gasteiger partial charge in [0.05, 0.1) is 11.5 Å². The van der Waals surface area contributed by atoms with Crippen LogP contribution in [0.3, 0.4) is 0 Å². The van der Waals surface area contributed by atoms with Crippen molar-refractivity contribution < 1.29 is 28.8 Å². The summed E-state index contributed by atoms with van der Waals surface area (Å²) in [5.74, 6) is 0.0457. The van der Waals surface area contributed by atoms with Crippen LogP contribution >= 0.6 is 0 Å². The molecule has 0 N–H and O–H groups in total. The number of carbonyl (C=O) groups excluding carboxylic acids is 3. The molecule has 0 aliphatic heterocycles. The van der Waals surface area contributed by atoms with Crippen LogP contribution in [0.4, 0.5) is 10.5 Å². The summed E-state index contributed by atoms with van der Waals surface area (Å²) >= 11 is 0. The first-order valence-electron chi connectivity index (χ1n) is 10.1. The zero-order valence-corrected chi connectivity index (χ0v) is 18.8. The topological polar surface area (TPSA) is 119 Å². The van der Waals surface area contributed by atoms with E-state index in [0.29, 0.717) is 25.8 Å². The van der Waals surface area contributed by atoms with Crippen molar-refractivity contribution in [2.75, 3.05) is 26.7 Å². The summed E-state index contributed by atoms with van der Waals surface area (Å²) in [6.45, 7) is 7.94. The van der Waals surface area contributed by atoms with Crippen LogP contribution in [0.15, 0.2) is 24.3 Å². The minimum Gasteiger partial charge on any atom is -0.432 e. The quantitative estimate of drug-likeness (QED) is 0.225. The molecule has 0 atom stereocenters. The highest BCUT2D eigenvalue weighted by atomic mass is 16.7. The molecule has 0 spiro atoms. The monoisotopic (exact) mass is 437 g/mol. The predicted octanol–water partition coefficient (Wildman–Crippen LogP) is 3.39. The number of benzene rings is 1. The maximum absolute atomic E-state index is 12.5. The second kappa shape index (κ2) is 11.9. The summed E-state index contributed by atoms with van der Waals surface area (Å²) < 4.78 is 10.1. The maximum atomic E-state index is 12.5. The molecule has 10 nitrogen and oxygen atoms in total. The average molecular weight is 437 g/mol. The van der Waals surface area contributed by atoms with Gasteiger partial charge in [0.2, 0.25) is 11.8 Å². The molecular weight excluding hydrogens is 406 g/mol. The summed E-state index contributed by atoms with van der Waals surface area (Å²) in [4.78, 5) is 49.5. The van der Waals surface area contributed by atoms with Crippen LogP contribution in [0.25, 0.3) is 0 Å². The third kappa shape index (κ3) is 8.23. The smallest absolute Gasteiger partial charge is 0.432 e. The lowest BCUT2D eigenvalue weighted by atomic mass is 9.97. The van der Waals surface area contributed by atoms with Gasteiger partial charge in [-0.2, -0.15) is 0 Å². The molecule has 0 saturated heterocycles. The summed E-state index contributed by atoms with van der Waals surface area (Å²) in [5, 5.41) is 10.7. The molecular formula is C21H31N3O7. The summed E-state index contributed by atoms with van der Waals surface area (Å²) in [6, 6.07) is 5.02. The molecule has 172 valence electrons. The Balaban J connectivity index is 2.63. The minimum atomic E-state index is -0.969. The molecule has 0 radical (unpaired) electrons. The van der Waals surface area contributed by atoms with E-state index in [1.165, 1.54) is 24.3 Å². The van der Waals surface area contributed by atoms with Crippen LogP contribution in [0.1, 0.15) is 47.0 Å². The molecule has 1 rings (SSSR count). The molecule has 31 heavy (non-hydrogen) atoms. The summed E-state index contributed by atoms with van der Waals surface area (Å²) in [5.41, 5.74) is -0.677. The first kappa shape index (κ1) is 25.9. The lowest BCUT2D eigenvalue weighted by Gasteiger charge is -2.39. The highest BCUT2D eigenvalue weighted by Crippen LogP contribution is 2.21. The first-order valence-corrected chi connectivity index (χ1v) is 10.1. The summed E-state index contributed by atoms with van der Waals surface area (Å²) in [7, 11) is 1.73. The third-order valence-electron chi connectivity index (χ3n) is 4.90. The van der Waals surface area contributed by atoms with Crippen LogP contribution in [0.5, 0.6) is 5.75 Å². The van der Waals surface area contributed by atoms with Gasteiger partial charge in [0, 0.05) is 44.1 Å². The Kier molecular flexibility index (Phi) is 9.91. The molecule has 0 aromatic heterocycles. The minimum absolute atomic E-state index is 0.0292. The molecule has 1 aromatic rings. The number of hydrogen-bond donors (Lipinski definition) is 0. The predicted molar refractivity (Wildman–Crippen MR) is 114 cm³/mol. The van der Waals surface area contributed by atoms with E-state index >= 15 is 0 Å². The summed E-state index contributed by atoms with van der Waals surface area (Å²) in [6.07, 6.45) is 0.303. The van der Waals surface area contributed by atoms with Gasteiger partial charge < -0.3 is 19.3 Å². The molecule has 2 amide bonds. The van der Waals surface area contributed by atoms with E-state index in [1.54, 1.807) is 30.7 Å². The van der Waals surface area contributed by atoms with Crippen LogP contribution in [0.2, 0.25) is 0 Å². The third-order valence-corrected chi connectivity index (χ3v) is 4.90. The molecule has 0 aliphatic rings. The van der Waals surface area contributed by atoms with E-state index in [-0.39, 0.29) is 36.4 Å². The Morgan fingerprint density at radius 1 is 1.03 bits per heavy atom. The van der Waals surface area contributed by atoms with Crippen LogP contribution in [-0.4, -0.2) is 65.0 Å². The fraction of sp³-hybridized carbons (Fsp3) is 0.571. The van der Waals surface area contributed by atoms with Gasteiger partial charge in [-0.1, -0.05) is 13.8 Å². The lowest BCUT2D eigenvalue weighted by Crippen LogP contribution is -2.50. The molecule has 0 heterocycles. The number of non-ortho nitro benzene ring substituents is 1. The lowest BCUT2D eigenvalue weighted by molar-refractivity contribution is -0.384. The highest BCUT2D eigenvalue weighted by molar-refractivity contribution is 5.77. The van der Waals surface area contributed by atoms with Crippen molar-refractivity contribution in [3.63, 3.8) is 0 Å². The number of ether oxygens (including phenoxy) is 2. The molecule has 0 aliphatic carbocycles. The van der Waals surface area contributed by atoms with Gasteiger partial charge in [-0.15, -0.1) is 0 Å². The fourth-order valence-corrected chi connectivity index (χ4v) is 2.91. The zero-order valence-electron chi connectivity index (χ0n) is 18.8. The Hall–Kier alpha value is -3.17. The first-order chi connectivity index (χ1) is 14.5. The van der Waals surface area contributed by atoms with Gasteiger partial charge in [0.25, 0.3) is 5.69 Å².